The van der Waals surface area contributed by atoms with E-state index in [0.29, 0.717) is 77.9 Å². The second kappa shape index (κ2) is 16.2. The van der Waals surface area contributed by atoms with Crippen molar-refractivity contribution in [2.45, 2.75) is 95.5 Å². The monoisotopic (exact) mass is 877 g/mol. The van der Waals surface area contributed by atoms with Crippen molar-refractivity contribution in [2.75, 3.05) is 54.4 Å². The molecular formula is C49H55N11O5. The smallest absolute Gasteiger partial charge is 0.278 e. The van der Waals surface area contributed by atoms with E-state index in [1.165, 1.54) is 37.8 Å². The molecule has 4 fully saturated rings. The Morgan fingerprint density at radius 1 is 0.831 bits per heavy atom. The summed E-state index contributed by atoms with van der Waals surface area (Å²) >= 11 is 0. The van der Waals surface area contributed by atoms with Crippen molar-refractivity contribution in [3.63, 3.8) is 0 Å². The molecule has 2 aromatic carbocycles. The SMILES string of the molecule is C[C@@]1(O)CC/C=C\Cn2c(=O)c3cnc(Nc4ccc(N5CCN(C6CCC7(CCN(c8ccc9c(c8)CN(C8CCC(=O)NC8=O)C9=O)CC7)C6)CC5)cc4)nc3n2-c2cccc1n2. The highest BCUT2D eigenvalue weighted by atomic mass is 16.3. The molecular weight excluding hydrogens is 823 g/mol. The third kappa shape index (κ3) is 7.65. The molecule has 16 heteroatoms. The van der Waals surface area contributed by atoms with Crippen molar-refractivity contribution in [3.05, 3.63) is 106 Å². The minimum absolute atomic E-state index is 0.127. The standard InChI is InChI=1S/C49H55N11O5/c1-48(65)17-3-2-4-21-59-46(64)38-30-50-47(54-43(38)60(59)41-7-5-6-40(48)52-41)51-33-8-10-34(11-9-33)56-24-26-57(27-25-56)36-16-18-49(29-36)19-22-55(23-20-49)35-12-13-37-32(28-35)31-58(45(37)63)39-14-15-42(61)53-44(39)62/h2,4-13,28,30,36,39,65H,3,14-27,29,31H2,1H3,(H,50,51,54)(H,53,61,62)/b4-2-/t36?,39?,48-/m1/s1. The molecule has 3 N–H and O–H groups in total. The van der Waals surface area contributed by atoms with Gasteiger partial charge in [0.25, 0.3) is 11.5 Å². The molecule has 5 aliphatic heterocycles. The Labute approximate surface area is 376 Å². The van der Waals surface area contributed by atoms with E-state index in [4.69, 9.17) is 9.97 Å². The second-order valence-electron chi connectivity index (χ2n) is 19.1. The summed E-state index contributed by atoms with van der Waals surface area (Å²) in [6, 6.07) is 20.0. The number of pyridine rings is 1. The van der Waals surface area contributed by atoms with Crippen LogP contribution in [-0.4, -0.2) is 108 Å². The van der Waals surface area contributed by atoms with Crippen LogP contribution in [0.3, 0.4) is 0 Å². The third-order valence-electron chi connectivity index (χ3n) is 15.1. The van der Waals surface area contributed by atoms with Crippen molar-refractivity contribution in [2.24, 2.45) is 5.41 Å². The van der Waals surface area contributed by atoms with Crippen molar-refractivity contribution in [1.29, 1.82) is 0 Å². The number of anilines is 4. The van der Waals surface area contributed by atoms with Crippen LogP contribution in [0.15, 0.2) is 83.8 Å². The molecule has 16 nitrogen and oxygen atoms in total. The fourth-order valence-electron chi connectivity index (χ4n) is 11.3. The number of benzene rings is 2. The van der Waals surface area contributed by atoms with Crippen LogP contribution < -0.4 is 26.0 Å². The number of aliphatic hydroxyl groups is 1. The molecule has 1 saturated carbocycles. The molecule has 336 valence electrons. The summed E-state index contributed by atoms with van der Waals surface area (Å²) in [5, 5.41) is 17.3. The van der Waals surface area contributed by atoms with Crippen molar-refractivity contribution in [3.8, 4) is 5.82 Å². The summed E-state index contributed by atoms with van der Waals surface area (Å²) < 4.78 is 3.33. The first kappa shape index (κ1) is 41.3. The van der Waals surface area contributed by atoms with Crippen LogP contribution >= 0.6 is 0 Å². The van der Waals surface area contributed by atoms with Gasteiger partial charge < -0.3 is 25.1 Å². The Hall–Kier alpha value is -6.39. The Morgan fingerprint density at radius 2 is 1.62 bits per heavy atom. The summed E-state index contributed by atoms with van der Waals surface area (Å²) in [5.74, 6) is 0.0974. The predicted molar refractivity (Wildman–Crippen MR) is 246 cm³/mol. The number of carbonyl (C=O) groups is 3. The van der Waals surface area contributed by atoms with Gasteiger partial charge >= 0.3 is 0 Å². The zero-order chi connectivity index (χ0) is 44.5. The Bertz CT molecular complexity index is 2780. The molecule has 6 aliphatic rings. The van der Waals surface area contributed by atoms with Crippen LogP contribution in [0.4, 0.5) is 23.0 Å². The highest BCUT2D eigenvalue weighted by Crippen LogP contribution is 2.49. The van der Waals surface area contributed by atoms with Crippen molar-refractivity contribution >= 4 is 51.8 Å². The molecule has 11 rings (SSSR count). The first-order valence-electron chi connectivity index (χ1n) is 23.2. The fourth-order valence-corrected chi connectivity index (χ4v) is 11.3. The third-order valence-corrected chi connectivity index (χ3v) is 15.1. The molecule has 2 unspecified atom stereocenters. The first-order valence-corrected chi connectivity index (χ1v) is 23.2. The van der Waals surface area contributed by atoms with E-state index in [0.717, 1.165) is 56.2 Å². The number of rotatable bonds is 6. The number of nitrogens with one attached hydrogen (secondary N) is 2. The van der Waals surface area contributed by atoms with Crippen molar-refractivity contribution < 1.29 is 19.5 Å². The van der Waals surface area contributed by atoms with Gasteiger partial charge in [-0.2, -0.15) is 4.98 Å². The summed E-state index contributed by atoms with van der Waals surface area (Å²) in [6.45, 7) is 8.53. The largest absolute Gasteiger partial charge is 0.384 e. The average molecular weight is 878 g/mol. The maximum atomic E-state index is 13.6. The van der Waals surface area contributed by atoms with Crippen LogP contribution in [0.1, 0.15) is 86.3 Å². The van der Waals surface area contributed by atoms with Gasteiger partial charge in [-0.3, -0.25) is 29.4 Å². The predicted octanol–water partition coefficient (Wildman–Crippen LogP) is 5.00. The van der Waals surface area contributed by atoms with Gasteiger partial charge in [-0.15, -0.1) is 0 Å². The Balaban J connectivity index is 0.692. The van der Waals surface area contributed by atoms with Gasteiger partial charge in [-0.1, -0.05) is 18.2 Å². The molecule has 3 amide bonds. The van der Waals surface area contributed by atoms with Gasteiger partial charge in [0.1, 0.15) is 17.0 Å². The average Bonchev–Trinajstić information content (AvgIpc) is 3.96. The number of hydrogen-bond donors (Lipinski definition) is 3. The second-order valence-corrected chi connectivity index (χ2v) is 19.1. The molecule has 3 aromatic heterocycles. The summed E-state index contributed by atoms with van der Waals surface area (Å²) in [4.78, 5) is 74.5. The van der Waals surface area contributed by atoms with E-state index in [1.54, 1.807) is 27.4 Å². The van der Waals surface area contributed by atoms with E-state index < -0.39 is 11.6 Å². The van der Waals surface area contributed by atoms with E-state index in [1.807, 2.05) is 48.6 Å². The molecule has 1 spiro atoms. The number of aromatic nitrogens is 5. The normalized spacial score (nSPS) is 25.1. The van der Waals surface area contributed by atoms with E-state index >= 15 is 0 Å². The number of nitrogens with zero attached hydrogens (tertiary/aromatic N) is 9. The molecule has 3 saturated heterocycles. The first-order chi connectivity index (χ1) is 31.5. The number of imide groups is 1. The number of piperazine rings is 1. The van der Waals surface area contributed by atoms with Gasteiger partial charge in [0.2, 0.25) is 17.8 Å². The van der Waals surface area contributed by atoms with Gasteiger partial charge in [0, 0.05) is 87.1 Å². The van der Waals surface area contributed by atoms with E-state index in [2.05, 4.69) is 54.6 Å². The van der Waals surface area contributed by atoms with Gasteiger partial charge in [-0.25, -0.2) is 19.3 Å². The molecule has 65 heavy (non-hydrogen) atoms. The quantitative estimate of drug-likeness (QED) is 0.154. The highest BCUT2D eigenvalue weighted by Gasteiger charge is 2.44. The summed E-state index contributed by atoms with van der Waals surface area (Å²) in [7, 11) is 0. The van der Waals surface area contributed by atoms with Crippen LogP contribution in [-0.2, 0) is 28.3 Å². The lowest BCUT2D eigenvalue weighted by atomic mass is 9.76. The van der Waals surface area contributed by atoms with Crippen molar-refractivity contribution in [1.82, 2.24) is 39.4 Å². The lowest BCUT2D eigenvalue weighted by Crippen LogP contribution is -2.52. The van der Waals surface area contributed by atoms with Crippen LogP contribution in [0.25, 0.3) is 16.9 Å². The Morgan fingerprint density at radius 3 is 2.42 bits per heavy atom. The fraction of sp³-hybridized carbons (Fsp3) is 0.449. The van der Waals surface area contributed by atoms with E-state index in [-0.39, 0.29) is 29.7 Å². The minimum atomic E-state index is -1.12. The van der Waals surface area contributed by atoms with Crippen LogP contribution in [0.5, 0.6) is 0 Å². The maximum Gasteiger partial charge on any atom is 0.278 e. The minimum Gasteiger partial charge on any atom is -0.384 e. The summed E-state index contributed by atoms with van der Waals surface area (Å²) in [6.07, 6.45) is 13.4. The van der Waals surface area contributed by atoms with Crippen LogP contribution in [0.2, 0.25) is 0 Å². The van der Waals surface area contributed by atoms with Gasteiger partial charge in [-0.05, 0) is 124 Å². The van der Waals surface area contributed by atoms with Gasteiger partial charge in [0.05, 0.1) is 12.2 Å². The van der Waals surface area contributed by atoms with Gasteiger partial charge in [0.15, 0.2) is 11.5 Å². The lowest BCUT2D eigenvalue weighted by molar-refractivity contribution is -0.136. The number of allylic oxidation sites excluding steroid dienone is 2. The molecule has 0 radical (unpaired) electrons. The number of piperidine rings is 2. The summed E-state index contributed by atoms with van der Waals surface area (Å²) in [5.41, 5.74) is 4.82. The number of amides is 3. The topological polar surface area (TPSA) is 174 Å². The Kier molecular flexibility index (Phi) is 10.3. The highest BCUT2D eigenvalue weighted by molar-refractivity contribution is 6.05. The molecule has 3 atom stereocenters. The molecule has 5 aromatic rings. The zero-order valence-electron chi connectivity index (χ0n) is 36.8. The number of carbonyl (C=O) groups excluding carboxylic acids is 3. The number of hydrogen-bond acceptors (Lipinski definition) is 12. The lowest BCUT2D eigenvalue weighted by Gasteiger charge is -2.42. The van der Waals surface area contributed by atoms with E-state index in [9.17, 15) is 24.3 Å². The number of fused-ring (bicyclic) bond motifs is 7. The maximum absolute atomic E-state index is 13.6. The zero-order valence-corrected chi connectivity index (χ0v) is 36.8. The molecule has 2 bridgehead atoms. The molecule has 8 heterocycles. The van der Waals surface area contributed by atoms with Crippen LogP contribution in [0, 0.1) is 5.41 Å². The molecule has 1 aliphatic carbocycles.